The van der Waals surface area contributed by atoms with E-state index in [1.54, 1.807) is 24.3 Å². The number of likely N-dealkylation sites (tertiary alicyclic amines) is 1. The summed E-state index contributed by atoms with van der Waals surface area (Å²) in [6.07, 6.45) is 3.57. The van der Waals surface area contributed by atoms with Crippen LogP contribution in [0.15, 0.2) is 24.3 Å². The Morgan fingerprint density at radius 2 is 2.22 bits per heavy atom. The molecule has 1 heterocycles. The van der Waals surface area contributed by atoms with Crippen LogP contribution in [0.3, 0.4) is 0 Å². The van der Waals surface area contributed by atoms with Gasteiger partial charge in [-0.05, 0) is 38.6 Å². The van der Waals surface area contributed by atoms with Gasteiger partial charge in [0.25, 0.3) is 0 Å². The largest absolute Gasteiger partial charge is 0.491 e. The van der Waals surface area contributed by atoms with E-state index in [1.807, 2.05) is 0 Å². The van der Waals surface area contributed by atoms with Crippen LogP contribution in [0.25, 0.3) is 0 Å². The van der Waals surface area contributed by atoms with E-state index in [9.17, 15) is 4.79 Å². The Bertz CT molecular complexity index is 419. The smallest absolute Gasteiger partial charge is 0.339 e. The number of piperidine rings is 1. The molecule has 0 bridgehead atoms. The number of para-hydroxylation sites is 1. The molecule has 1 unspecified atom stereocenters. The van der Waals surface area contributed by atoms with Crippen molar-refractivity contribution in [2.75, 3.05) is 20.2 Å². The van der Waals surface area contributed by atoms with Crippen LogP contribution in [0.2, 0.25) is 0 Å². The van der Waals surface area contributed by atoms with Gasteiger partial charge in [-0.15, -0.1) is 0 Å². The fourth-order valence-electron chi connectivity index (χ4n) is 2.31. The monoisotopic (exact) mass is 249 g/mol. The van der Waals surface area contributed by atoms with E-state index < -0.39 is 5.97 Å². The molecule has 1 saturated heterocycles. The Labute approximate surface area is 107 Å². The predicted octanol–water partition coefficient (Wildman–Crippen LogP) is 2.25. The van der Waals surface area contributed by atoms with Gasteiger partial charge in [-0.3, -0.25) is 0 Å². The van der Waals surface area contributed by atoms with Gasteiger partial charge >= 0.3 is 5.97 Å². The van der Waals surface area contributed by atoms with Crippen LogP contribution in [0.1, 0.15) is 29.6 Å². The number of likely N-dealkylation sites (N-methyl/N-ethyl adjacent to an activating group) is 1. The van der Waals surface area contributed by atoms with Gasteiger partial charge in [0.05, 0.1) is 0 Å². The van der Waals surface area contributed by atoms with Gasteiger partial charge in [-0.2, -0.15) is 0 Å². The minimum Gasteiger partial charge on any atom is -0.491 e. The number of aromatic carboxylic acids is 1. The number of carbonyl (C=O) groups is 1. The van der Waals surface area contributed by atoms with Crippen molar-refractivity contribution in [1.29, 1.82) is 0 Å². The number of ether oxygens (including phenoxy) is 1. The second-order valence-corrected chi connectivity index (χ2v) is 4.74. The van der Waals surface area contributed by atoms with Gasteiger partial charge in [0.15, 0.2) is 0 Å². The van der Waals surface area contributed by atoms with Crippen LogP contribution in [0.4, 0.5) is 0 Å². The molecule has 4 nitrogen and oxygen atoms in total. The highest BCUT2D eigenvalue weighted by Gasteiger charge is 2.20. The molecule has 1 aliphatic heterocycles. The summed E-state index contributed by atoms with van der Waals surface area (Å²) in [6.45, 7) is 1.65. The molecule has 0 radical (unpaired) electrons. The summed E-state index contributed by atoms with van der Waals surface area (Å²) in [5.41, 5.74) is 0.232. The number of hydrogen-bond donors (Lipinski definition) is 1. The van der Waals surface area contributed by atoms with Crippen LogP contribution in [0, 0.1) is 0 Å². The fraction of sp³-hybridized carbons (Fsp3) is 0.500. The topological polar surface area (TPSA) is 49.8 Å². The van der Waals surface area contributed by atoms with Crippen molar-refractivity contribution in [1.82, 2.24) is 4.90 Å². The molecule has 1 aromatic rings. The molecule has 98 valence electrons. The number of nitrogens with zero attached hydrogens (tertiary/aromatic N) is 1. The second-order valence-electron chi connectivity index (χ2n) is 4.74. The first-order valence-corrected chi connectivity index (χ1v) is 6.34. The van der Waals surface area contributed by atoms with Crippen molar-refractivity contribution in [2.24, 2.45) is 0 Å². The summed E-state index contributed by atoms with van der Waals surface area (Å²) in [7, 11) is 2.09. The van der Waals surface area contributed by atoms with Crippen LogP contribution in [0.5, 0.6) is 5.75 Å². The van der Waals surface area contributed by atoms with E-state index in [0.29, 0.717) is 18.4 Å². The number of hydrogen-bond acceptors (Lipinski definition) is 3. The van der Waals surface area contributed by atoms with Crippen LogP contribution in [-0.4, -0.2) is 42.2 Å². The number of rotatable bonds is 4. The van der Waals surface area contributed by atoms with E-state index in [-0.39, 0.29) is 5.56 Å². The first-order chi connectivity index (χ1) is 8.68. The third kappa shape index (κ3) is 3.01. The summed E-state index contributed by atoms with van der Waals surface area (Å²) in [5.74, 6) is -0.480. The maximum atomic E-state index is 11.0. The van der Waals surface area contributed by atoms with Crippen molar-refractivity contribution in [3.8, 4) is 5.75 Å². The van der Waals surface area contributed by atoms with Crippen molar-refractivity contribution in [3.05, 3.63) is 29.8 Å². The fourth-order valence-corrected chi connectivity index (χ4v) is 2.31. The Balaban J connectivity index is 1.99. The van der Waals surface area contributed by atoms with Gasteiger partial charge < -0.3 is 14.7 Å². The molecule has 1 fully saturated rings. The first kappa shape index (κ1) is 12.9. The van der Waals surface area contributed by atoms with Crippen molar-refractivity contribution in [2.45, 2.75) is 25.3 Å². The molecule has 0 saturated carbocycles. The van der Waals surface area contributed by atoms with E-state index in [2.05, 4.69) is 11.9 Å². The lowest BCUT2D eigenvalue weighted by Crippen LogP contribution is -2.40. The van der Waals surface area contributed by atoms with Crippen molar-refractivity contribution < 1.29 is 14.6 Å². The minimum absolute atomic E-state index is 0.232. The summed E-state index contributed by atoms with van der Waals surface area (Å²) in [5, 5.41) is 9.06. The molecule has 18 heavy (non-hydrogen) atoms. The molecule has 0 spiro atoms. The maximum Gasteiger partial charge on any atom is 0.339 e. The molecule has 0 aliphatic carbocycles. The summed E-state index contributed by atoms with van der Waals surface area (Å²) in [6, 6.07) is 7.19. The Morgan fingerprint density at radius 3 is 2.94 bits per heavy atom. The minimum atomic E-state index is -0.942. The highest BCUT2D eigenvalue weighted by atomic mass is 16.5. The lowest BCUT2D eigenvalue weighted by Gasteiger charge is -2.32. The van der Waals surface area contributed by atoms with Crippen molar-refractivity contribution in [3.63, 3.8) is 0 Å². The molecular formula is C14H19NO3. The van der Waals surface area contributed by atoms with E-state index >= 15 is 0 Å². The quantitative estimate of drug-likeness (QED) is 0.889. The van der Waals surface area contributed by atoms with Crippen LogP contribution in [-0.2, 0) is 0 Å². The van der Waals surface area contributed by atoms with Crippen molar-refractivity contribution >= 4 is 5.97 Å². The Hall–Kier alpha value is -1.55. The predicted molar refractivity (Wildman–Crippen MR) is 69.2 cm³/mol. The highest BCUT2D eigenvalue weighted by molar-refractivity contribution is 5.90. The molecule has 1 atom stereocenters. The second kappa shape index (κ2) is 5.87. The molecule has 1 aliphatic rings. The Morgan fingerprint density at radius 1 is 1.44 bits per heavy atom. The van der Waals surface area contributed by atoms with Gasteiger partial charge in [-0.25, -0.2) is 4.79 Å². The number of carboxylic acid groups (broad SMARTS) is 1. The van der Waals surface area contributed by atoms with Crippen LogP contribution < -0.4 is 4.74 Å². The summed E-state index contributed by atoms with van der Waals surface area (Å²) < 4.78 is 5.69. The SMILES string of the molecule is CN1CCCCC1COc1ccccc1C(=O)O. The maximum absolute atomic E-state index is 11.0. The van der Waals surface area contributed by atoms with Gasteiger partial charge in [0.1, 0.15) is 17.9 Å². The number of carboxylic acids is 1. The van der Waals surface area contributed by atoms with E-state index in [1.165, 1.54) is 12.8 Å². The average molecular weight is 249 g/mol. The zero-order valence-electron chi connectivity index (χ0n) is 10.6. The highest BCUT2D eigenvalue weighted by Crippen LogP contribution is 2.20. The molecule has 1 aromatic carbocycles. The third-order valence-corrected chi connectivity index (χ3v) is 3.47. The summed E-state index contributed by atoms with van der Waals surface area (Å²) >= 11 is 0. The standard InChI is InChI=1S/C14H19NO3/c1-15-9-5-4-6-11(15)10-18-13-8-3-2-7-12(13)14(16)17/h2-3,7-8,11H,4-6,9-10H2,1H3,(H,16,17). The molecule has 0 aromatic heterocycles. The van der Waals surface area contributed by atoms with Gasteiger partial charge in [-0.1, -0.05) is 18.6 Å². The normalized spacial score (nSPS) is 20.6. The molecule has 4 heteroatoms. The Kier molecular flexibility index (Phi) is 4.20. The first-order valence-electron chi connectivity index (χ1n) is 6.34. The van der Waals surface area contributed by atoms with Crippen LogP contribution >= 0.6 is 0 Å². The molecular weight excluding hydrogens is 230 g/mol. The van der Waals surface area contributed by atoms with Gasteiger partial charge in [0, 0.05) is 6.04 Å². The van der Waals surface area contributed by atoms with E-state index in [0.717, 1.165) is 13.0 Å². The van der Waals surface area contributed by atoms with Gasteiger partial charge in [0.2, 0.25) is 0 Å². The molecule has 1 N–H and O–H groups in total. The lowest BCUT2D eigenvalue weighted by molar-refractivity contribution is 0.0688. The molecule has 2 rings (SSSR count). The average Bonchev–Trinajstić information content (AvgIpc) is 2.38. The van der Waals surface area contributed by atoms with E-state index in [4.69, 9.17) is 9.84 Å². The lowest BCUT2D eigenvalue weighted by atomic mass is 10.0. The zero-order valence-corrected chi connectivity index (χ0v) is 10.6. The summed E-state index contributed by atoms with van der Waals surface area (Å²) in [4.78, 5) is 13.3. The zero-order chi connectivity index (χ0) is 13.0. The molecule has 0 amide bonds. The third-order valence-electron chi connectivity index (χ3n) is 3.47. The number of benzene rings is 1.